The molecular weight excluding hydrogens is 283 g/mol. The Kier molecular flexibility index (Phi) is 3.09. The van der Waals surface area contributed by atoms with Gasteiger partial charge in [-0.2, -0.15) is 0 Å². The number of hydrogen-bond acceptors (Lipinski definition) is 1. The minimum Gasteiger partial charge on any atom is -0.280 e. The van der Waals surface area contributed by atoms with Crippen LogP contribution < -0.4 is 5.56 Å². The Hall–Kier alpha value is -1.71. The molecule has 96 valence electrons. The molecular formula is C14H10Cl2N2O. The second kappa shape index (κ2) is 4.76. The predicted molar refractivity (Wildman–Crippen MR) is 78.1 cm³/mol. The maximum Gasteiger partial charge on any atom is 0.271 e. The average Bonchev–Trinajstić information content (AvgIpc) is 2.71. The van der Waals surface area contributed by atoms with Gasteiger partial charge in [0.25, 0.3) is 5.56 Å². The molecule has 3 nitrogen and oxygen atoms in total. The fourth-order valence-electron chi connectivity index (χ4n) is 2.09. The molecule has 0 aliphatic heterocycles. The van der Waals surface area contributed by atoms with Crippen LogP contribution in [0.3, 0.4) is 0 Å². The molecule has 0 spiro atoms. The summed E-state index contributed by atoms with van der Waals surface area (Å²) in [4.78, 5) is 11.8. The molecule has 0 atom stereocenters. The van der Waals surface area contributed by atoms with E-state index in [4.69, 9.17) is 23.2 Å². The molecule has 0 radical (unpaired) electrons. The Morgan fingerprint density at radius 2 is 1.89 bits per heavy atom. The van der Waals surface area contributed by atoms with Crippen LogP contribution in [0.25, 0.3) is 10.9 Å². The molecule has 19 heavy (non-hydrogen) atoms. The van der Waals surface area contributed by atoms with Crippen LogP contribution in [0.4, 0.5) is 0 Å². The van der Waals surface area contributed by atoms with E-state index in [0.29, 0.717) is 22.0 Å². The second-order valence-corrected chi connectivity index (χ2v) is 5.12. The fourth-order valence-corrected chi connectivity index (χ4v) is 2.56. The third kappa shape index (κ3) is 2.27. The maximum atomic E-state index is 11.8. The number of nitrogens with zero attached hydrogens (tertiary/aromatic N) is 1. The summed E-state index contributed by atoms with van der Waals surface area (Å²) in [6.45, 7) is 0.499. The van der Waals surface area contributed by atoms with E-state index < -0.39 is 0 Å². The van der Waals surface area contributed by atoms with E-state index in [0.717, 1.165) is 11.1 Å². The molecule has 0 aliphatic rings. The third-order valence-corrected chi connectivity index (χ3v) is 3.61. The van der Waals surface area contributed by atoms with Gasteiger partial charge in [0.05, 0.1) is 17.4 Å². The van der Waals surface area contributed by atoms with Gasteiger partial charge < -0.3 is 0 Å². The summed E-state index contributed by atoms with van der Waals surface area (Å²) in [6, 6.07) is 12.8. The number of halogens is 2. The van der Waals surface area contributed by atoms with E-state index in [1.165, 1.54) is 0 Å². The number of para-hydroxylation sites is 1. The molecule has 0 saturated carbocycles. The Labute approximate surface area is 119 Å². The molecule has 0 saturated heterocycles. The molecule has 2 aromatic carbocycles. The van der Waals surface area contributed by atoms with Crippen molar-refractivity contribution in [2.24, 2.45) is 0 Å². The van der Waals surface area contributed by atoms with Gasteiger partial charge in [0.15, 0.2) is 0 Å². The molecule has 1 aromatic heterocycles. The monoisotopic (exact) mass is 292 g/mol. The first-order chi connectivity index (χ1) is 9.15. The van der Waals surface area contributed by atoms with Gasteiger partial charge in [0.1, 0.15) is 0 Å². The van der Waals surface area contributed by atoms with Gasteiger partial charge in [-0.3, -0.25) is 14.6 Å². The number of aromatic amines is 1. The fraction of sp³-hybridized carbons (Fsp3) is 0.0714. The molecule has 0 aliphatic carbocycles. The number of benzene rings is 2. The average molecular weight is 293 g/mol. The smallest absolute Gasteiger partial charge is 0.271 e. The van der Waals surface area contributed by atoms with E-state index >= 15 is 0 Å². The Morgan fingerprint density at radius 3 is 2.68 bits per heavy atom. The van der Waals surface area contributed by atoms with Gasteiger partial charge in [-0.1, -0.05) is 41.4 Å². The lowest BCUT2D eigenvalue weighted by atomic mass is 10.2. The lowest BCUT2D eigenvalue weighted by Crippen LogP contribution is -2.07. The van der Waals surface area contributed by atoms with Crippen LogP contribution in [0.1, 0.15) is 5.56 Å². The molecule has 1 heterocycles. The van der Waals surface area contributed by atoms with Gasteiger partial charge >= 0.3 is 0 Å². The van der Waals surface area contributed by atoms with Crippen LogP contribution >= 0.6 is 23.2 Å². The van der Waals surface area contributed by atoms with E-state index in [1.807, 2.05) is 24.3 Å². The highest BCUT2D eigenvalue weighted by molar-refractivity contribution is 6.35. The SMILES string of the molecule is O=c1[nH]n(Cc2ccc(Cl)cc2Cl)c2ccccc12. The molecule has 0 unspecified atom stereocenters. The molecule has 0 fully saturated rings. The molecule has 0 amide bonds. The van der Waals surface area contributed by atoms with Gasteiger partial charge in [-0.15, -0.1) is 0 Å². The molecule has 5 heteroatoms. The van der Waals surface area contributed by atoms with Crippen molar-refractivity contribution < 1.29 is 0 Å². The second-order valence-electron chi connectivity index (χ2n) is 4.28. The summed E-state index contributed by atoms with van der Waals surface area (Å²) in [6.07, 6.45) is 0. The van der Waals surface area contributed by atoms with Gasteiger partial charge in [-0.05, 0) is 29.8 Å². The first-order valence-electron chi connectivity index (χ1n) is 5.76. The summed E-state index contributed by atoms with van der Waals surface area (Å²) in [5.74, 6) is 0. The van der Waals surface area contributed by atoms with Crippen LogP contribution in [0.15, 0.2) is 47.3 Å². The van der Waals surface area contributed by atoms with E-state index in [-0.39, 0.29) is 5.56 Å². The minimum absolute atomic E-state index is 0.0966. The predicted octanol–water partition coefficient (Wildman–Crippen LogP) is 3.68. The zero-order valence-corrected chi connectivity index (χ0v) is 11.4. The van der Waals surface area contributed by atoms with Crippen molar-refractivity contribution in [1.82, 2.24) is 9.78 Å². The van der Waals surface area contributed by atoms with Crippen molar-refractivity contribution in [1.29, 1.82) is 0 Å². The summed E-state index contributed by atoms with van der Waals surface area (Å²) in [7, 11) is 0. The van der Waals surface area contributed by atoms with Crippen molar-refractivity contribution >= 4 is 34.1 Å². The summed E-state index contributed by atoms with van der Waals surface area (Å²) in [5, 5.41) is 4.67. The van der Waals surface area contributed by atoms with Crippen molar-refractivity contribution in [3.05, 3.63) is 68.4 Å². The van der Waals surface area contributed by atoms with E-state index in [9.17, 15) is 4.79 Å². The highest BCUT2D eigenvalue weighted by Crippen LogP contribution is 2.22. The highest BCUT2D eigenvalue weighted by Gasteiger charge is 2.08. The van der Waals surface area contributed by atoms with Crippen molar-refractivity contribution in [2.75, 3.05) is 0 Å². The van der Waals surface area contributed by atoms with E-state index in [2.05, 4.69) is 5.10 Å². The van der Waals surface area contributed by atoms with Gasteiger partial charge in [-0.25, -0.2) is 0 Å². The minimum atomic E-state index is -0.0966. The van der Waals surface area contributed by atoms with Gasteiger partial charge in [0.2, 0.25) is 0 Å². The Balaban J connectivity index is 2.08. The number of H-pyrrole nitrogens is 1. The van der Waals surface area contributed by atoms with Crippen LogP contribution in [0.2, 0.25) is 10.0 Å². The van der Waals surface area contributed by atoms with Crippen molar-refractivity contribution in [3.63, 3.8) is 0 Å². The van der Waals surface area contributed by atoms with Crippen LogP contribution in [0, 0.1) is 0 Å². The first-order valence-corrected chi connectivity index (χ1v) is 6.52. The zero-order chi connectivity index (χ0) is 13.4. The molecule has 0 bridgehead atoms. The van der Waals surface area contributed by atoms with Crippen LogP contribution in [0.5, 0.6) is 0 Å². The molecule has 1 N–H and O–H groups in total. The number of nitrogens with one attached hydrogen (secondary N) is 1. The molecule has 3 rings (SSSR count). The summed E-state index contributed by atoms with van der Waals surface area (Å²) >= 11 is 12.0. The zero-order valence-electron chi connectivity index (χ0n) is 9.86. The third-order valence-electron chi connectivity index (χ3n) is 3.02. The van der Waals surface area contributed by atoms with Crippen LogP contribution in [-0.4, -0.2) is 9.78 Å². The summed E-state index contributed by atoms with van der Waals surface area (Å²) < 4.78 is 1.78. The van der Waals surface area contributed by atoms with Gasteiger partial charge in [0, 0.05) is 10.0 Å². The topological polar surface area (TPSA) is 37.8 Å². The summed E-state index contributed by atoms with van der Waals surface area (Å²) in [5.41, 5.74) is 1.67. The number of rotatable bonds is 2. The highest BCUT2D eigenvalue weighted by atomic mass is 35.5. The van der Waals surface area contributed by atoms with Crippen molar-refractivity contribution in [2.45, 2.75) is 6.54 Å². The largest absolute Gasteiger partial charge is 0.280 e. The normalized spacial score (nSPS) is 11.1. The van der Waals surface area contributed by atoms with Crippen molar-refractivity contribution in [3.8, 4) is 0 Å². The standard InChI is InChI=1S/C14H10Cl2N2O/c15-10-6-5-9(12(16)7-10)8-18-13-4-2-1-3-11(13)14(19)17-18/h1-7H,8H2,(H,17,19). The quantitative estimate of drug-likeness (QED) is 0.769. The maximum absolute atomic E-state index is 11.8. The number of aromatic nitrogens is 2. The Bertz CT molecular complexity index is 805. The lowest BCUT2D eigenvalue weighted by molar-refractivity contribution is 0.703. The lowest BCUT2D eigenvalue weighted by Gasteiger charge is -2.07. The van der Waals surface area contributed by atoms with Crippen LogP contribution in [-0.2, 0) is 6.54 Å². The van der Waals surface area contributed by atoms with E-state index in [1.54, 1.807) is 22.9 Å². The number of hydrogen-bond donors (Lipinski definition) is 1. The molecule has 3 aromatic rings. The Morgan fingerprint density at radius 1 is 1.11 bits per heavy atom. The first kappa shape index (κ1) is 12.3. The number of fused-ring (bicyclic) bond motifs is 1.